The molecule has 2 aliphatic heterocycles. The SMILES string of the molecule is O=C(NCCc1cc(F)cc2c1OCOC2)Nc1ccc(CN2C(=O)CSC2=O)cc1. The van der Waals surface area contributed by atoms with Crippen molar-refractivity contribution in [3.63, 3.8) is 0 Å². The van der Waals surface area contributed by atoms with Crippen molar-refractivity contribution in [2.75, 3.05) is 24.4 Å². The van der Waals surface area contributed by atoms with Gasteiger partial charge in [0.15, 0.2) is 6.79 Å². The predicted molar refractivity (Wildman–Crippen MR) is 112 cm³/mol. The first-order valence-corrected chi connectivity index (χ1v) is 10.6. The van der Waals surface area contributed by atoms with Gasteiger partial charge in [0.1, 0.15) is 11.6 Å². The lowest BCUT2D eigenvalue weighted by Gasteiger charge is -2.21. The van der Waals surface area contributed by atoms with E-state index in [9.17, 15) is 18.8 Å². The highest BCUT2D eigenvalue weighted by Gasteiger charge is 2.29. The summed E-state index contributed by atoms with van der Waals surface area (Å²) < 4.78 is 24.4. The van der Waals surface area contributed by atoms with Crippen LogP contribution in [0.5, 0.6) is 5.75 Å². The van der Waals surface area contributed by atoms with Crippen molar-refractivity contribution >= 4 is 34.6 Å². The third-order valence-corrected chi connectivity index (χ3v) is 5.68. The Morgan fingerprint density at radius 3 is 2.74 bits per heavy atom. The lowest BCUT2D eigenvalue weighted by atomic mass is 10.1. The van der Waals surface area contributed by atoms with Crippen molar-refractivity contribution in [1.29, 1.82) is 0 Å². The smallest absolute Gasteiger partial charge is 0.319 e. The number of urea groups is 1. The van der Waals surface area contributed by atoms with Gasteiger partial charge in [0.25, 0.3) is 5.24 Å². The van der Waals surface area contributed by atoms with E-state index in [0.29, 0.717) is 42.1 Å². The molecule has 4 amide bonds. The van der Waals surface area contributed by atoms with E-state index >= 15 is 0 Å². The molecular formula is C21H20FN3O5S. The maximum absolute atomic E-state index is 13.8. The minimum absolute atomic E-state index is 0.120. The number of hydrogen-bond acceptors (Lipinski definition) is 6. The Morgan fingerprint density at radius 2 is 2.00 bits per heavy atom. The number of hydrogen-bond donors (Lipinski definition) is 2. The molecule has 2 aromatic rings. The topological polar surface area (TPSA) is 97.0 Å². The third-order valence-electron chi connectivity index (χ3n) is 4.82. The highest BCUT2D eigenvalue weighted by Crippen LogP contribution is 2.29. The second kappa shape index (κ2) is 9.36. The summed E-state index contributed by atoms with van der Waals surface area (Å²) >= 11 is 0.996. The second-order valence-corrected chi connectivity index (χ2v) is 7.95. The van der Waals surface area contributed by atoms with Gasteiger partial charge < -0.3 is 20.1 Å². The number of thioether (sulfide) groups is 1. The molecule has 8 nitrogen and oxygen atoms in total. The Balaban J connectivity index is 1.27. The Labute approximate surface area is 182 Å². The van der Waals surface area contributed by atoms with E-state index in [4.69, 9.17) is 9.47 Å². The summed E-state index contributed by atoms with van der Waals surface area (Å²) in [6.45, 7) is 0.917. The average Bonchev–Trinajstić information content (AvgIpc) is 3.07. The van der Waals surface area contributed by atoms with E-state index in [-0.39, 0.29) is 36.1 Å². The van der Waals surface area contributed by atoms with Gasteiger partial charge in [0.2, 0.25) is 5.91 Å². The molecule has 2 N–H and O–H groups in total. The first kappa shape index (κ1) is 21.1. The molecule has 2 aromatic carbocycles. The van der Waals surface area contributed by atoms with Gasteiger partial charge in [0, 0.05) is 17.8 Å². The van der Waals surface area contributed by atoms with Crippen molar-refractivity contribution in [2.24, 2.45) is 0 Å². The molecule has 1 saturated heterocycles. The van der Waals surface area contributed by atoms with Crippen LogP contribution in [0.1, 0.15) is 16.7 Å². The number of rotatable bonds is 6. The molecule has 1 fully saturated rings. The second-order valence-electron chi connectivity index (χ2n) is 7.03. The number of amides is 4. The summed E-state index contributed by atoms with van der Waals surface area (Å²) in [5.41, 5.74) is 2.68. The molecule has 0 aromatic heterocycles. The van der Waals surface area contributed by atoms with Gasteiger partial charge in [-0.3, -0.25) is 14.5 Å². The Morgan fingerprint density at radius 1 is 1.19 bits per heavy atom. The Bertz CT molecular complexity index is 999. The van der Waals surface area contributed by atoms with Crippen molar-refractivity contribution in [2.45, 2.75) is 19.6 Å². The highest BCUT2D eigenvalue weighted by molar-refractivity contribution is 8.14. The van der Waals surface area contributed by atoms with Crippen LogP contribution >= 0.6 is 11.8 Å². The monoisotopic (exact) mass is 445 g/mol. The number of anilines is 1. The van der Waals surface area contributed by atoms with Crippen molar-refractivity contribution in [3.8, 4) is 5.75 Å². The zero-order valence-corrected chi connectivity index (χ0v) is 17.3. The van der Waals surface area contributed by atoms with Crippen LogP contribution in [0.15, 0.2) is 36.4 Å². The number of imide groups is 1. The highest BCUT2D eigenvalue weighted by atomic mass is 32.2. The summed E-state index contributed by atoms with van der Waals surface area (Å²) in [4.78, 5) is 36.7. The van der Waals surface area contributed by atoms with Crippen LogP contribution in [0.25, 0.3) is 0 Å². The van der Waals surface area contributed by atoms with Crippen LogP contribution in [0.2, 0.25) is 0 Å². The minimum atomic E-state index is -0.399. The molecule has 0 bridgehead atoms. The van der Waals surface area contributed by atoms with Gasteiger partial charge in [-0.25, -0.2) is 9.18 Å². The summed E-state index contributed by atoms with van der Waals surface area (Å²) in [6, 6.07) is 9.28. The molecule has 0 spiro atoms. The molecule has 0 atom stereocenters. The molecule has 0 unspecified atom stereocenters. The number of carbonyl (C=O) groups excluding carboxylic acids is 3. The van der Waals surface area contributed by atoms with Crippen LogP contribution < -0.4 is 15.4 Å². The molecule has 10 heteroatoms. The zero-order chi connectivity index (χ0) is 21.8. The largest absolute Gasteiger partial charge is 0.467 e. The van der Waals surface area contributed by atoms with Gasteiger partial charge in [-0.15, -0.1) is 0 Å². The number of nitrogens with zero attached hydrogens (tertiary/aromatic N) is 1. The quantitative estimate of drug-likeness (QED) is 0.709. The van der Waals surface area contributed by atoms with Crippen LogP contribution in [-0.2, 0) is 29.1 Å². The summed E-state index contributed by atoms with van der Waals surface area (Å²) in [7, 11) is 0. The van der Waals surface area contributed by atoms with Crippen LogP contribution in [0, 0.1) is 5.82 Å². The van der Waals surface area contributed by atoms with Crippen LogP contribution in [0.3, 0.4) is 0 Å². The fourth-order valence-electron chi connectivity index (χ4n) is 3.34. The predicted octanol–water partition coefficient (Wildman–Crippen LogP) is 3.25. The maximum Gasteiger partial charge on any atom is 0.319 e. The molecule has 0 radical (unpaired) electrons. The molecular weight excluding hydrogens is 425 g/mol. The molecule has 0 aliphatic carbocycles. The lowest BCUT2D eigenvalue weighted by Crippen LogP contribution is -2.30. The molecule has 31 heavy (non-hydrogen) atoms. The summed E-state index contributed by atoms with van der Waals surface area (Å²) in [5.74, 6) is 0.216. The average molecular weight is 445 g/mol. The van der Waals surface area contributed by atoms with Crippen molar-refractivity contribution in [1.82, 2.24) is 10.2 Å². The summed E-state index contributed by atoms with van der Waals surface area (Å²) in [5, 5.41) is 5.20. The standard InChI is InChI=1S/C21H20FN3O5S/c22-16-7-14(19-15(8-16)10-29-12-30-19)5-6-23-20(27)24-17-3-1-13(2-4-17)9-25-18(26)11-31-21(25)28/h1-4,7-8H,5-6,9-12H2,(H2,23,24,27). The number of halogens is 1. The van der Waals surface area contributed by atoms with E-state index in [1.807, 2.05) is 0 Å². The van der Waals surface area contributed by atoms with E-state index < -0.39 is 6.03 Å². The minimum Gasteiger partial charge on any atom is -0.467 e. The normalized spacial score (nSPS) is 15.5. The first-order valence-electron chi connectivity index (χ1n) is 9.62. The number of nitrogens with one attached hydrogen (secondary N) is 2. The molecule has 0 saturated carbocycles. The number of fused-ring (bicyclic) bond motifs is 1. The third kappa shape index (κ3) is 5.15. The summed E-state index contributed by atoms with van der Waals surface area (Å²) in [6.07, 6.45) is 0.405. The molecule has 2 aliphatic rings. The fraction of sp³-hybridized carbons (Fsp3) is 0.286. The van der Waals surface area contributed by atoms with Gasteiger partial charge in [-0.2, -0.15) is 0 Å². The maximum atomic E-state index is 13.8. The zero-order valence-electron chi connectivity index (χ0n) is 16.5. The molecule has 4 rings (SSSR count). The van der Waals surface area contributed by atoms with Gasteiger partial charge >= 0.3 is 6.03 Å². The Kier molecular flexibility index (Phi) is 6.38. The van der Waals surface area contributed by atoms with Crippen molar-refractivity contribution in [3.05, 3.63) is 58.9 Å². The lowest BCUT2D eigenvalue weighted by molar-refractivity contribution is -0.125. The number of benzene rings is 2. The van der Waals surface area contributed by atoms with Gasteiger partial charge in [-0.05, 0) is 41.8 Å². The van der Waals surface area contributed by atoms with Crippen LogP contribution in [0.4, 0.5) is 19.7 Å². The molecule has 2 heterocycles. The van der Waals surface area contributed by atoms with E-state index in [0.717, 1.165) is 17.3 Å². The van der Waals surface area contributed by atoms with E-state index in [1.54, 1.807) is 24.3 Å². The van der Waals surface area contributed by atoms with Crippen LogP contribution in [-0.4, -0.2) is 41.2 Å². The molecule has 162 valence electrons. The first-order chi connectivity index (χ1) is 15.0. The van der Waals surface area contributed by atoms with E-state index in [1.165, 1.54) is 17.0 Å². The van der Waals surface area contributed by atoms with Gasteiger partial charge in [-0.1, -0.05) is 23.9 Å². The van der Waals surface area contributed by atoms with Gasteiger partial charge in [0.05, 0.1) is 18.9 Å². The fourth-order valence-corrected chi connectivity index (χ4v) is 4.06. The number of carbonyl (C=O) groups is 3. The van der Waals surface area contributed by atoms with E-state index in [2.05, 4.69) is 10.6 Å². The van der Waals surface area contributed by atoms with Crippen molar-refractivity contribution < 1.29 is 28.2 Å². The number of ether oxygens (including phenoxy) is 2. The Hall–Kier alpha value is -3.11.